The van der Waals surface area contributed by atoms with Crippen LogP contribution in [-0.2, 0) is 0 Å². The number of nitrogens with zero attached hydrogens (tertiary/aromatic N) is 1. The first-order chi connectivity index (χ1) is 1.91. The van der Waals surface area contributed by atoms with E-state index in [1.54, 1.807) is 5.40 Å². The topological polar surface area (TPSA) is 23.8 Å². The van der Waals surface area contributed by atoms with Crippen LogP contribution in [0.5, 0.6) is 0 Å². The van der Waals surface area contributed by atoms with Crippen molar-refractivity contribution in [2.24, 2.45) is 0 Å². The molecule has 0 aliphatic rings. The number of thiocyanates is 1. The highest BCUT2D eigenvalue weighted by molar-refractivity contribution is 8.00. The van der Waals surface area contributed by atoms with E-state index in [0.29, 0.717) is 11.4 Å². The monoisotopic (exact) mass is 73.0 g/mol. The summed E-state index contributed by atoms with van der Waals surface area (Å²) in [6, 6.07) is 0. The molecule has 0 saturated carbocycles. The first-order valence-corrected chi connectivity index (χ1v) is 1.84. The lowest BCUT2D eigenvalue weighted by Gasteiger charge is -1.34. The number of rotatable bonds is 0. The molecule has 4 heavy (non-hydrogen) atoms. The Morgan fingerprint density at radius 1 is 2.00 bits per heavy atom. The molecule has 0 atom stereocenters. The molecule has 0 aromatic heterocycles. The fourth-order valence-corrected chi connectivity index (χ4v) is 0. The van der Waals surface area contributed by atoms with Crippen molar-refractivity contribution >= 4 is 17.2 Å². The quantitative estimate of drug-likeness (QED) is 0.250. The van der Waals surface area contributed by atoms with E-state index in [1.807, 2.05) is 0 Å². The van der Waals surface area contributed by atoms with E-state index in [1.165, 1.54) is 0 Å². The van der Waals surface area contributed by atoms with E-state index in [9.17, 15) is 0 Å². The summed E-state index contributed by atoms with van der Waals surface area (Å²) in [7, 11) is 0. The Morgan fingerprint density at radius 3 is 2.25 bits per heavy atom. The Balaban J connectivity index is 2.92. The number of hydrogen-bond acceptors (Lipinski definition) is 1. The zero-order valence-corrected chi connectivity index (χ0v) is 3.00. The molecule has 0 N–H and O–H groups in total. The van der Waals surface area contributed by atoms with E-state index < -0.39 is 0 Å². The summed E-state index contributed by atoms with van der Waals surface area (Å²) < 4.78 is 0. The van der Waals surface area contributed by atoms with Crippen LogP contribution in [0.2, 0.25) is 0 Å². The highest BCUT2D eigenvalue weighted by Crippen LogP contribution is 1.62. The van der Waals surface area contributed by atoms with Gasteiger partial charge in [-0.1, -0.05) is 5.87 Å². The molecule has 0 radical (unpaired) electrons. The molecule has 2 heteroatoms. The fraction of sp³-hybridized carbons (Fsp3) is 0. The molecule has 0 amide bonds. The molecule has 0 aromatic carbocycles. The van der Waals surface area contributed by atoms with Gasteiger partial charge in [-0.05, 0) is 0 Å². The van der Waals surface area contributed by atoms with Gasteiger partial charge in [0, 0.05) is 0 Å². The van der Waals surface area contributed by atoms with Crippen molar-refractivity contribution in [3.05, 3.63) is 0 Å². The zero-order valence-electron chi connectivity index (χ0n) is 2.10. The van der Waals surface area contributed by atoms with Crippen molar-refractivity contribution in [1.29, 1.82) is 5.26 Å². The maximum Gasteiger partial charge on any atom is 0.123 e. The largest absolute Gasteiger partial charge is 0.186 e. The minimum Gasteiger partial charge on any atom is -0.186 e. The van der Waals surface area contributed by atoms with Gasteiger partial charge in [0.05, 0.1) is 0 Å². The molecular formula is C2H3NS. The Morgan fingerprint density at radius 2 is 2.25 bits per heavy atom. The highest BCUT2D eigenvalue weighted by Gasteiger charge is 1.30. The molecule has 0 aliphatic heterocycles. The van der Waals surface area contributed by atoms with Crippen LogP contribution in [-0.4, -0.2) is 5.87 Å². The van der Waals surface area contributed by atoms with Crippen molar-refractivity contribution in [1.82, 2.24) is 0 Å². The van der Waals surface area contributed by atoms with Gasteiger partial charge in [-0.2, -0.15) is 5.26 Å². The van der Waals surface area contributed by atoms with Crippen LogP contribution in [0.15, 0.2) is 0 Å². The molecule has 0 fully saturated rings. The minimum atomic E-state index is 0.554. The molecule has 0 aromatic rings. The average molecular weight is 73.1 g/mol. The lowest BCUT2D eigenvalue weighted by Crippen LogP contribution is -1.13. The molecule has 0 spiro atoms. The van der Waals surface area contributed by atoms with Crippen molar-refractivity contribution in [2.45, 2.75) is 0 Å². The summed E-state index contributed by atoms with van der Waals surface area (Å²) in [6.07, 6.45) is 0. The normalized spacial score (nSPS) is 4.75. The van der Waals surface area contributed by atoms with Crippen LogP contribution in [0.3, 0.4) is 0 Å². The third kappa shape index (κ3) is 1.71. The van der Waals surface area contributed by atoms with Crippen molar-refractivity contribution in [3.63, 3.8) is 0 Å². The lowest BCUT2D eigenvalue weighted by molar-refractivity contribution is 1.57. The molecule has 0 bridgehead atoms. The van der Waals surface area contributed by atoms with Gasteiger partial charge in [0.1, 0.15) is 5.40 Å². The summed E-state index contributed by atoms with van der Waals surface area (Å²) in [5.41, 5.74) is 0. The third-order valence-electron chi connectivity index (χ3n) is 0.0707. The van der Waals surface area contributed by atoms with Crippen molar-refractivity contribution in [3.8, 4) is 5.40 Å². The zero-order chi connectivity index (χ0) is 3.41. The standard InChI is InChI=1S/C2H3NS/c1-4-2-3/h4H,1H2. The van der Waals surface area contributed by atoms with Gasteiger partial charge >= 0.3 is 0 Å². The summed E-state index contributed by atoms with van der Waals surface area (Å²) in [6.45, 7) is 0. The molecule has 0 heterocycles. The van der Waals surface area contributed by atoms with Gasteiger partial charge in [-0.15, -0.1) is 11.4 Å². The van der Waals surface area contributed by atoms with Crippen LogP contribution < -0.4 is 0 Å². The van der Waals surface area contributed by atoms with Crippen LogP contribution in [0.4, 0.5) is 0 Å². The summed E-state index contributed by atoms with van der Waals surface area (Å²) in [5, 5.41) is 9.34. The first kappa shape index (κ1) is 3.71. The van der Waals surface area contributed by atoms with Crippen LogP contribution in [0.1, 0.15) is 0 Å². The smallest absolute Gasteiger partial charge is 0.123 e. The highest BCUT2D eigenvalue weighted by atomic mass is 32.1. The van der Waals surface area contributed by atoms with Crippen LogP contribution in [0.25, 0.3) is 0 Å². The van der Waals surface area contributed by atoms with Crippen molar-refractivity contribution < 1.29 is 0 Å². The Hall–Kier alpha value is -0.290. The van der Waals surface area contributed by atoms with E-state index in [2.05, 4.69) is 5.87 Å². The summed E-state index contributed by atoms with van der Waals surface area (Å²) >= 11 is 0.554. The maximum atomic E-state index is 7.55. The second-order valence-electron chi connectivity index (χ2n) is 0.258. The molecule has 0 rings (SSSR count). The predicted octanol–water partition coefficient (Wildman–Crippen LogP) is 0.365. The number of thiol groups is 1. The second kappa shape index (κ2) is 2.71. The predicted molar refractivity (Wildman–Crippen MR) is 21.7 cm³/mol. The van der Waals surface area contributed by atoms with Crippen LogP contribution in [0, 0.1) is 10.7 Å². The molecular weight excluding hydrogens is 70.1 g/mol. The Labute approximate surface area is 28.8 Å². The fourth-order valence-electron chi connectivity index (χ4n) is 0. The minimum absolute atomic E-state index is 0.554. The third-order valence-corrected chi connectivity index (χ3v) is 0.212. The van der Waals surface area contributed by atoms with Crippen molar-refractivity contribution in [2.75, 3.05) is 0 Å². The van der Waals surface area contributed by atoms with E-state index >= 15 is 0 Å². The van der Waals surface area contributed by atoms with Crippen LogP contribution >= 0.6 is 11.4 Å². The molecule has 0 unspecified atom stereocenters. The Bertz CT molecular complexity index is 51.5. The molecule has 0 saturated heterocycles. The van der Waals surface area contributed by atoms with Gasteiger partial charge in [0.2, 0.25) is 0 Å². The Kier molecular flexibility index (Phi) is 2.51. The second-order valence-corrected chi connectivity index (χ2v) is 0.774. The molecule has 0 aliphatic carbocycles. The lowest BCUT2D eigenvalue weighted by atomic mass is 11.8. The van der Waals surface area contributed by atoms with Gasteiger partial charge in [-0.3, -0.25) is 0 Å². The SMILES string of the molecule is C=[SH]C#N. The van der Waals surface area contributed by atoms with E-state index in [-0.39, 0.29) is 0 Å². The van der Waals surface area contributed by atoms with Gasteiger partial charge < -0.3 is 0 Å². The number of hydrogen-bond donors (Lipinski definition) is 1. The van der Waals surface area contributed by atoms with Gasteiger partial charge in [0.25, 0.3) is 0 Å². The molecule has 1 nitrogen and oxygen atoms in total. The first-order valence-electron chi connectivity index (χ1n) is 0.763. The van der Waals surface area contributed by atoms with Gasteiger partial charge in [0.15, 0.2) is 0 Å². The van der Waals surface area contributed by atoms with Gasteiger partial charge in [-0.25, -0.2) is 0 Å². The molecule has 22 valence electrons. The summed E-state index contributed by atoms with van der Waals surface area (Å²) in [4.78, 5) is 0. The maximum absolute atomic E-state index is 7.55. The van der Waals surface area contributed by atoms with E-state index in [0.717, 1.165) is 0 Å². The van der Waals surface area contributed by atoms with E-state index in [4.69, 9.17) is 5.26 Å². The summed E-state index contributed by atoms with van der Waals surface area (Å²) in [5.74, 6) is 3.22. The number of nitriles is 1. The average Bonchev–Trinajstić information content (AvgIpc) is 1.37.